The third kappa shape index (κ3) is 3.60. The molecular weight excluding hydrogens is 442 g/mol. The van der Waals surface area contributed by atoms with E-state index < -0.39 is 0 Å². The molecule has 4 aromatic heterocycles. The number of ketones is 1. The molecule has 9 nitrogen and oxygen atoms in total. The molecule has 5 heterocycles. The fraction of sp³-hybridized carbons (Fsp3) is 0.269. The van der Waals surface area contributed by atoms with Gasteiger partial charge in [-0.25, -0.2) is 19.7 Å². The fourth-order valence-electron chi connectivity index (χ4n) is 5.13. The van der Waals surface area contributed by atoms with Gasteiger partial charge >= 0.3 is 5.69 Å². The molecule has 5 aromatic rings. The number of aromatic nitrogens is 6. The number of hydrogen-bond acceptors (Lipinski definition) is 6. The minimum absolute atomic E-state index is 0.0822. The second-order valence-corrected chi connectivity index (χ2v) is 9.15. The van der Waals surface area contributed by atoms with E-state index in [9.17, 15) is 9.59 Å². The van der Waals surface area contributed by atoms with Gasteiger partial charge in [-0.1, -0.05) is 12.1 Å². The lowest BCUT2D eigenvalue weighted by Gasteiger charge is -2.33. The summed E-state index contributed by atoms with van der Waals surface area (Å²) < 4.78 is 3.79. The summed E-state index contributed by atoms with van der Waals surface area (Å²) in [5.74, 6) is 0.613. The summed E-state index contributed by atoms with van der Waals surface area (Å²) in [6.07, 6.45) is 6.58. The maximum atomic E-state index is 13.4. The monoisotopic (exact) mass is 467 g/mol. The quantitative estimate of drug-likeness (QED) is 0.407. The smallest absolute Gasteiger partial charge is 0.327 e. The molecule has 0 saturated carbocycles. The van der Waals surface area contributed by atoms with Crippen LogP contribution < -0.4 is 10.6 Å². The Balaban J connectivity index is 1.24. The number of anilines is 1. The van der Waals surface area contributed by atoms with Crippen LogP contribution in [0.1, 0.15) is 40.5 Å². The number of H-pyrrole nitrogens is 1. The summed E-state index contributed by atoms with van der Waals surface area (Å²) in [6.45, 7) is 3.49. The molecule has 1 fully saturated rings. The lowest BCUT2D eigenvalue weighted by atomic mass is 10.0. The first-order valence-corrected chi connectivity index (χ1v) is 11.7. The number of benzene rings is 1. The van der Waals surface area contributed by atoms with Crippen LogP contribution in [-0.4, -0.2) is 47.9 Å². The van der Waals surface area contributed by atoms with Gasteiger partial charge in [-0.2, -0.15) is 0 Å². The van der Waals surface area contributed by atoms with Crippen molar-refractivity contribution in [3.63, 3.8) is 0 Å². The molecular formula is C26H25N7O2. The van der Waals surface area contributed by atoms with E-state index in [0.29, 0.717) is 16.9 Å². The third-order valence-corrected chi connectivity index (χ3v) is 6.92. The molecule has 1 aliphatic rings. The van der Waals surface area contributed by atoms with Crippen LogP contribution in [0, 0.1) is 6.92 Å². The molecule has 0 bridgehead atoms. The Hall–Kier alpha value is -4.27. The summed E-state index contributed by atoms with van der Waals surface area (Å²) in [7, 11) is 1.95. The molecule has 0 atom stereocenters. The number of aromatic amines is 1. The van der Waals surface area contributed by atoms with Crippen LogP contribution in [0.15, 0.2) is 59.9 Å². The molecule has 0 amide bonds. The lowest BCUT2D eigenvalue weighted by Crippen LogP contribution is -2.37. The lowest BCUT2D eigenvalue weighted by molar-refractivity contribution is 0.103. The summed E-state index contributed by atoms with van der Waals surface area (Å²) in [4.78, 5) is 43.9. The van der Waals surface area contributed by atoms with E-state index in [2.05, 4.69) is 30.9 Å². The largest absolute Gasteiger partial charge is 0.356 e. The number of imidazole rings is 1. The molecule has 0 unspecified atom stereocenters. The van der Waals surface area contributed by atoms with Gasteiger partial charge in [0, 0.05) is 61.1 Å². The van der Waals surface area contributed by atoms with E-state index in [-0.39, 0.29) is 17.5 Å². The first-order valence-electron chi connectivity index (χ1n) is 11.7. The summed E-state index contributed by atoms with van der Waals surface area (Å²) in [6, 6.07) is 11.7. The van der Waals surface area contributed by atoms with E-state index in [0.717, 1.165) is 53.7 Å². The Morgan fingerprint density at radius 3 is 2.71 bits per heavy atom. The van der Waals surface area contributed by atoms with Gasteiger partial charge in [0.2, 0.25) is 5.78 Å². The Labute approximate surface area is 201 Å². The van der Waals surface area contributed by atoms with Gasteiger partial charge in [-0.05, 0) is 43.5 Å². The maximum Gasteiger partial charge on any atom is 0.327 e. The second-order valence-electron chi connectivity index (χ2n) is 9.15. The Morgan fingerprint density at radius 1 is 1.06 bits per heavy atom. The highest BCUT2D eigenvalue weighted by Gasteiger charge is 2.25. The fourth-order valence-corrected chi connectivity index (χ4v) is 5.13. The molecule has 0 aliphatic carbocycles. The highest BCUT2D eigenvalue weighted by molar-refractivity contribution is 6.15. The topological polar surface area (TPSA) is 102 Å². The highest BCUT2D eigenvalue weighted by atomic mass is 16.1. The number of carbonyl (C=O) groups is 1. The third-order valence-electron chi connectivity index (χ3n) is 6.92. The average molecular weight is 468 g/mol. The van der Waals surface area contributed by atoms with E-state index in [1.807, 2.05) is 53.6 Å². The van der Waals surface area contributed by atoms with Crippen molar-refractivity contribution in [1.82, 2.24) is 29.1 Å². The molecule has 1 N–H and O–H groups in total. The first-order chi connectivity index (χ1) is 17.0. The van der Waals surface area contributed by atoms with Crippen molar-refractivity contribution >= 4 is 33.7 Å². The molecule has 6 rings (SSSR count). The number of aryl methyl sites for hydroxylation is 2. The number of piperidine rings is 1. The van der Waals surface area contributed by atoms with Gasteiger partial charge in [0.25, 0.3) is 0 Å². The van der Waals surface area contributed by atoms with Crippen LogP contribution in [0.5, 0.6) is 0 Å². The van der Waals surface area contributed by atoms with Gasteiger partial charge in [-0.15, -0.1) is 0 Å². The summed E-state index contributed by atoms with van der Waals surface area (Å²) >= 11 is 0. The number of nitrogens with zero attached hydrogens (tertiary/aromatic N) is 6. The first kappa shape index (κ1) is 21.3. The minimum Gasteiger partial charge on any atom is -0.356 e. The molecule has 9 heteroatoms. The van der Waals surface area contributed by atoms with Crippen molar-refractivity contribution in [3.8, 4) is 0 Å². The number of pyridine rings is 1. The van der Waals surface area contributed by atoms with Crippen molar-refractivity contribution < 1.29 is 4.79 Å². The molecule has 176 valence electrons. The standard InChI is InChI=1S/C26H25N7O2/c1-16-5-6-18-19(14-31(2)22(18)12-16)24(34)20-13-23(29-15-28-20)32-10-7-17(8-11-32)33-21-4-3-9-27-25(21)30-26(33)35/h3-6,9,12-15,17H,7-8,10-11H2,1-2H3,(H,27,30,35). The van der Waals surface area contributed by atoms with Crippen LogP contribution >= 0.6 is 0 Å². The van der Waals surface area contributed by atoms with E-state index in [1.54, 1.807) is 12.3 Å². The van der Waals surface area contributed by atoms with Crippen LogP contribution in [-0.2, 0) is 7.05 Å². The zero-order chi connectivity index (χ0) is 24.1. The Morgan fingerprint density at radius 2 is 1.89 bits per heavy atom. The number of fused-ring (bicyclic) bond motifs is 2. The molecule has 0 radical (unpaired) electrons. The molecule has 0 spiro atoms. The zero-order valence-electron chi connectivity index (χ0n) is 19.6. The number of carbonyl (C=O) groups excluding carboxylic acids is 1. The number of nitrogens with one attached hydrogen (secondary N) is 1. The van der Waals surface area contributed by atoms with Gasteiger partial charge < -0.3 is 9.47 Å². The Kier molecular flexibility index (Phi) is 4.98. The second kappa shape index (κ2) is 8.19. The zero-order valence-corrected chi connectivity index (χ0v) is 19.6. The summed E-state index contributed by atoms with van der Waals surface area (Å²) in [5, 5.41) is 0.919. The number of hydrogen-bond donors (Lipinski definition) is 1. The van der Waals surface area contributed by atoms with Crippen molar-refractivity contribution in [2.75, 3.05) is 18.0 Å². The van der Waals surface area contributed by atoms with E-state index in [1.165, 1.54) is 6.33 Å². The molecule has 1 aromatic carbocycles. The van der Waals surface area contributed by atoms with E-state index in [4.69, 9.17) is 0 Å². The maximum absolute atomic E-state index is 13.4. The number of rotatable bonds is 4. The highest BCUT2D eigenvalue weighted by Crippen LogP contribution is 2.28. The van der Waals surface area contributed by atoms with Gasteiger partial charge in [0.1, 0.15) is 17.8 Å². The van der Waals surface area contributed by atoms with Crippen molar-refractivity contribution in [1.29, 1.82) is 0 Å². The van der Waals surface area contributed by atoms with Crippen LogP contribution in [0.25, 0.3) is 22.1 Å². The van der Waals surface area contributed by atoms with Crippen molar-refractivity contribution in [2.45, 2.75) is 25.8 Å². The van der Waals surface area contributed by atoms with Gasteiger partial charge in [0.15, 0.2) is 5.65 Å². The van der Waals surface area contributed by atoms with Gasteiger partial charge in [-0.3, -0.25) is 14.3 Å². The van der Waals surface area contributed by atoms with Crippen molar-refractivity contribution in [2.24, 2.45) is 7.05 Å². The molecule has 1 aliphatic heterocycles. The normalized spacial score (nSPS) is 14.7. The van der Waals surface area contributed by atoms with Crippen LogP contribution in [0.2, 0.25) is 0 Å². The van der Waals surface area contributed by atoms with Crippen LogP contribution in [0.3, 0.4) is 0 Å². The van der Waals surface area contributed by atoms with Crippen molar-refractivity contribution in [3.05, 3.63) is 82.4 Å². The minimum atomic E-state index is -0.127. The summed E-state index contributed by atoms with van der Waals surface area (Å²) in [5.41, 5.74) is 4.50. The SMILES string of the molecule is Cc1ccc2c(C(=O)c3cc(N4CCC(n5c(=O)[nH]c6ncccc65)CC4)ncn3)cn(C)c2c1. The van der Waals surface area contributed by atoms with E-state index >= 15 is 0 Å². The average Bonchev–Trinajstić information content (AvgIpc) is 3.39. The van der Waals surface area contributed by atoms with Crippen LogP contribution in [0.4, 0.5) is 5.82 Å². The van der Waals surface area contributed by atoms with Gasteiger partial charge in [0.05, 0.1) is 5.52 Å². The molecule has 1 saturated heterocycles. The predicted molar refractivity (Wildman–Crippen MR) is 134 cm³/mol. The molecule has 35 heavy (non-hydrogen) atoms. The Bertz CT molecular complexity index is 1640. The predicted octanol–water partition coefficient (Wildman–Crippen LogP) is 3.39.